The van der Waals surface area contributed by atoms with Gasteiger partial charge >= 0.3 is 0 Å². The highest BCUT2D eigenvalue weighted by molar-refractivity contribution is 7.89. The number of hydrogen-bond acceptors (Lipinski definition) is 3. The molecule has 7 heteroatoms. The Bertz CT molecular complexity index is 577. The van der Waals surface area contributed by atoms with E-state index in [9.17, 15) is 8.42 Å². The van der Waals surface area contributed by atoms with Gasteiger partial charge in [0, 0.05) is 18.2 Å². The van der Waals surface area contributed by atoms with Gasteiger partial charge in [-0.1, -0.05) is 36.0 Å². The van der Waals surface area contributed by atoms with Gasteiger partial charge in [0.25, 0.3) is 0 Å². The number of ether oxygens (including phenoxy) is 1. The van der Waals surface area contributed by atoms with Gasteiger partial charge in [-0.2, -0.15) is 0 Å². The number of halogens is 2. The summed E-state index contributed by atoms with van der Waals surface area (Å²) in [6.07, 6.45) is 3.57. The smallest absolute Gasteiger partial charge is 0.242 e. The van der Waals surface area contributed by atoms with Crippen molar-refractivity contribution in [3.63, 3.8) is 0 Å². The summed E-state index contributed by atoms with van der Waals surface area (Å²) in [5.74, 6) is 0. The summed E-state index contributed by atoms with van der Waals surface area (Å²) in [4.78, 5) is 0.0454. The number of sulfonamides is 1. The third-order valence-corrected chi connectivity index (χ3v) is 5.70. The predicted molar refractivity (Wildman–Crippen MR) is 79.8 cm³/mol. The molecule has 0 heterocycles. The zero-order valence-electron chi connectivity index (χ0n) is 11.1. The van der Waals surface area contributed by atoms with Crippen molar-refractivity contribution in [3.8, 4) is 0 Å². The number of methoxy groups -OCH3 is 1. The van der Waals surface area contributed by atoms with Crippen LogP contribution in [0.15, 0.2) is 23.1 Å². The third kappa shape index (κ3) is 3.65. The van der Waals surface area contributed by atoms with E-state index in [1.54, 1.807) is 7.11 Å². The predicted octanol–water partition coefficient (Wildman–Crippen LogP) is 3.23. The maximum Gasteiger partial charge on any atom is 0.242 e. The molecule has 0 bridgehead atoms. The van der Waals surface area contributed by atoms with Crippen molar-refractivity contribution in [3.05, 3.63) is 28.2 Å². The second kappa shape index (κ2) is 6.62. The fraction of sp³-hybridized carbons (Fsp3) is 0.538. The zero-order valence-corrected chi connectivity index (χ0v) is 13.4. The van der Waals surface area contributed by atoms with Crippen LogP contribution < -0.4 is 4.72 Å². The van der Waals surface area contributed by atoms with E-state index in [1.165, 1.54) is 18.2 Å². The van der Waals surface area contributed by atoms with Gasteiger partial charge in [-0.05, 0) is 31.0 Å². The van der Waals surface area contributed by atoms with E-state index < -0.39 is 10.0 Å². The van der Waals surface area contributed by atoms with Crippen LogP contribution >= 0.6 is 23.2 Å². The lowest BCUT2D eigenvalue weighted by molar-refractivity contribution is 0.0493. The first-order valence-electron chi connectivity index (χ1n) is 6.44. The van der Waals surface area contributed by atoms with Crippen LogP contribution in [0.1, 0.15) is 25.7 Å². The first kappa shape index (κ1) is 16.0. The summed E-state index contributed by atoms with van der Waals surface area (Å²) >= 11 is 11.8. The van der Waals surface area contributed by atoms with Gasteiger partial charge in [-0.3, -0.25) is 0 Å². The Morgan fingerprint density at radius 3 is 2.60 bits per heavy atom. The molecular formula is C13H17Cl2NO3S. The van der Waals surface area contributed by atoms with Crippen molar-refractivity contribution in [2.75, 3.05) is 7.11 Å². The van der Waals surface area contributed by atoms with E-state index in [2.05, 4.69) is 4.72 Å². The average molecular weight is 338 g/mol. The largest absolute Gasteiger partial charge is 0.380 e. The number of benzene rings is 1. The van der Waals surface area contributed by atoms with Gasteiger partial charge in [0.2, 0.25) is 10.0 Å². The highest BCUT2D eigenvalue weighted by Gasteiger charge is 2.30. The maximum atomic E-state index is 12.4. The van der Waals surface area contributed by atoms with Crippen LogP contribution in [0.2, 0.25) is 10.0 Å². The Morgan fingerprint density at radius 1 is 1.25 bits per heavy atom. The molecule has 1 saturated carbocycles. The molecule has 2 atom stereocenters. The van der Waals surface area contributed by atoms with Crippen LogP contribution in [-0.2, 0) is 14.8 Å². The maximum absolute atomic E-state index is 12.4. The summed E-state index contributed by atoms with van der Waals surface area (Å²) in [5, 5.41) is 0.524. The molecule has 1 aromatic rings. The minimum Gasteiger partial charge on any atom is -0.380 e. The molecule has 1 N–H and O–H groups in total. The molecule has 0 amide bonds. The van der Waals surface area contributed by atoms with Crippen LogP contribution in [0.4, 0.5) is 0 Å². The van der Waals surface area contributed by atoms with Crippen LogP contribution in [0.3, 0.4) is 0 Å². The molecule has 1 aromatic carbocycles. The highest BCUT2D eigenvalue weighted by atomic mass is 35.5. The van der Waals surface area contributed by atoms with Crippen molar-refractivity contribution in [2.24, 2.45) is 0 Å². The Balaban J connectivity index is 2.22. The Kier molecular flexibility index (Phi) is 5.31. The van der Waals surface area contributed by atoms with E-state index >= 15 is 0 Å². The van der Waals surface area contributed by atoms with E-state index in [0.717, 1.165) is 25.7 Å². The molecule has 2 rings (SSSR count). The number of rotatable bonds is 4. The molecule has 0 aliphatic heterocycles. The van der Waals surface area contributed by atoms with Gasteiger partial charge in [0.15, 0.2) is 0 Å². The number of hydrogen-bond donors (Lipinski definition) is 1. The summed E-state index contributed by atoms with van der Waals surface area (Å²) in [6.45, 7) is 0. The fourth-order valence-corrected chi connectivity index (χ4v) is 4.54. The molecular weight excluding hydrogens is 321 g/mol. The van der Waals surface area contributed by atoms with Gasteiger partial charge in [-0.25, -0.2) is 13.1 Å². The number of nitrogens with one attached hydrogen (secondary N) is 1. The highest BCUT2D eigenvalue weighted by Crippen LogP contribution is 2.27. The average Bonchev–Trinajstić information content (AvgIpc) is 2.38. The topological polar surface area (TPSA) is 55.4 Å². The quantitative estimate of drug-likeness (QED) is 0.917. The molecule has 0 spiro atoms. The summed E-state index contributed by atoms with van der Waals surface area (Å²) in [7, 11) is -2.07. The third-order valence-electron chi connectivity index (χ3n) is 3.50. The Morgan fingerprint density at radius 2 is 1.95 bits per heavy atom. The molecule has 0 saturated heterocycles. The molecule has 112 valence electrons. The lowest BCUT2D eigenvalue weighted by Gasteiger charge is -2.30. The molecule has 0 radical (unpaired) electrons. The van der Waals surface area contributed by atoms with Crippen LogP contribution in [0, 0.1) is 0 Å². The zero-order chi connectivity index (χ0) is 14.8. The van der Waals surface area contributed by atoms with Crippen LogP contribution in [0.5, 0.6) is 0 Å². The first-order chi connectivity index (χ1) is 9.44. The monoisotopic (exact) mass is 337 g/mol. The Labute approximate surface area is 129 Å². The van der Waals surface area contributed by atoms with Crippen LogP contribution in [0.25, 0.3) is 0 Å². The molecule has 20 heavy (non-hydrogen) atoms. The molecule has 1 fully saturated rings. The lowest BCUT2D eigenvalue weighted by atomic mass is 9.93. The standard InChI is InChI=1S/C13H17Cl2NO3S/c1-19-12-5-3-2-4-11(12)16-20(17,18)13-7-6-9(14)8-10(13)15/h6-8,11-12,16H,2-5H2,1H3/t11-,12+/m0/s1. The van der Waals surface area contributed by atoms with Gasteiger partial charge < -0.3 is 4.74 Å². The van der Waals surface area contributed by atoms with Crippen LogP contribution in [-0.4, -0.2) is 27.7 Å². The summed E-state index contributed by atoms with van der Waals surface area (Å²) < 4.78 is 32.8. The summed E-state index contributed by atoms with van der Waals surface area (Å²) in [5.41, 5.74) is 0. The van der Waals surface area contributed by atoms with E-state index in [1.807, 2.05) is 0 Å². The van der Waals surface area contributed by atoms with Gasteiger partial charge in [0.1, 0.15) is 4.90 Å². The van der Waals surface area contributed by atoms with Crippen molar-refractivity contribution < 1.29 is 13.2 Å². The fourth-order valence-electron chi connectivity index (χ4n) is 2.47. The second-order valence-electron chi connectivity index (χ2n) is 4.86. The van der Waals surface area contributed by atoms with Gasteiger partial charge in [0.05, 0.1) is 11.1 Å². The van der Waals surface area contributed by atoms with Crippen molar-refractivity contribution in [1.29, 1.82) is 0 Å². The van der Waals surface area contributed by atoms with E-state index in [-0.39, 0.29) is 22.1 Å². The molecule has 1 aliphatic rings. The molecule has 0 unspecified atom stereocenters. The Hall–Kier alpha value is -0.330. The minimum absolute atomic E-state index is 0.0454. The SMILES string of the molecule is CO[C@@H]1CCCC[C@@H]1NS(=O)(=O)c1ccc(Cl)cc1Cl. The normalized spacial score (nSPS) is 23.8. The summed E-state index contributed by atoms with van der Waals surface area (Å²) in [6, 6.07) is 4.13. The molecule has 1 aliphatic carbocycles. The van der Waals surface area contributed by atoms with E-state index in [4.69, 9.17) is 27.9 Å². The van der Waals surface area contributed by atoms with Crippen molar-refractivity contribution in [1.82, 2.24) is 4.72 Å². The molecule has 0 aromatic heterocycles. The van der Waals surface area contributed by atoms with Crippen molar-refractivity contribution >= 4 is 33.2 Å². The van der Waals surface area contributed by atoms with Crippen molar-refractivity contribution in [2.45, 2.75) is 42.7 Å². The first-order valence-corrected chi connectivity index (χ1v) is 8.68. The lowest BCUT2D eigenvalue weighted by Crippen LogP contribution is -2.45. The molecule has 4 nitrogen and oxygen atoms in total. The minimum atomic E-state index is -3.67. The van der Waals surface area contributed by atoms with E-state index in [0.29, 0.717) is 5.02 Å². The second-order valence-corrected chi connectivity index (χ2v) is 7.39. The van der Waals surface area contributed by atoms with Gasteiger partial charge in [-0.15, -0.1) is 0 Å².